The van der Waals surface area contributed by atoms with Crippen molar-refractivity contribution in [1.29, 1.82) is 10.5 Å². The Labute approximate surface area is 168 Å². The van der Waals surface area contributed by atoms with Gasteiger partial charge in [0.2, 0.25) is 0 Å². The number of nitrogens with zero attached hydrogens (tertiary/aromatic N) is 2. The lowest BCUT2D eigenvalue weighted by Crippen LogP contribution is -2.13. The number of carbonyl (C=O) groups is 1. The van der Waals surface area contributed by atoms with Crippen LogP contribution in [-0.4, -0.2) is 12.5 Å². The first-order valence-electron chi connectivity index (χ1n) is 7.12. The minimum atomic E-state index is -0.563. The highest BCUT2D eigenvalue weighted by molar-refractivity contribution is 9.10. The van der Waals surface area contributed by atoms with Gasteiger partial charge in [-0.15, -0.1) is 0 Å². The van der Waals surface area contributed by atoms with E-state index in [9.17, 15) is 10.1 Å². The lowest BCUT2D eigenvalue weighted by Gasteiger charge is -2.09. The summed E-state index contributed by atoms with van der Waals surface area (Å²) >= 11 is 15.2. The van der Waals surface area contributed by atoms with Crippen molar-refractivity contribution in [2.24, 2.45) is 0 Å². The van der Waals surface area contributed by atoms with Gasteiger partial charge in [-0.3, -0.25) is 4.79 Å². The Hall–Kier alpha value is -2.51. The van der Waals surface area contributed by atoms with Gasteiger partial charge in [0.05, 0.1) is 9.50 Å². The second kappa shape index (κ2) is 9.26. The van der Waals surface area contributed by atoms with Crippen molar-refractivity contribution < 1.29 is 9.53 Å². The Morgan fingerprint density at radius 2 is 1.92 bits per heavy atom. The molecule has 0 spiro atoms. The summed E-state index contributed by atoms with van der Waals surface area (Å²) in [5.41, 5.74) is 0.933. The third-order valence-electron chi connectivity index (χ3n) is 3.08. The molecule has 0 bridgehead atoms. The van der Waals surface area contributed by atoms with Crippen molar-refractivity contribution in [2.45, 2.75) is 0 Å². The zero-order valence-corrected chi connectivity index (χ0v) is 16.2. The highest BCUT2D eigenvalue weighted by Crippen LogP contribution is 2.35. The fraction of sp³-hybridized carbons (Fsp3) is 0.0556. The molecule has 1 amide bonds. The van der Waals surface area contributed by atoms with Crippen LogP contribution in [0.5, 0.6) is 5.75 Å². The summed E-state index contributed by atoms with van der Waals surface area (Å²) in [6, 6.07) is 13.4. The molecular formula is C18H10BrCl2N3O2. The van der Waals surface area contributed by atoms with Gasteiger partial charge in [-0.25, -0.2) is 0 Å². The SMILES string of the molecule is N#CCOc1c(Cl)cc(/C=C(/C#N)C(=O)Nc2ccc(Cl)cc2)cc1Br. The van der Waals surface area contributed by atoms with Crippen LogP contribution in [0, 0.1) is 22.7 Å². The molecule has 8 heteroatoms. The van der Waals surface area contributed by atoms with Crippen LogP contribution in [0.3, 0.4) is 0 Å². The highest BCUT2D eigenvalue weighted by atomic mass is 79.9. The van der Waals surface area contributed by atoms with E-state index in [4.69, 9.17) is 33.2 Å². The third kappa shape index (κ3) is 5.24. The van der Waals surface area contributed by atoms with Crippen LogP contribution in [0.15, 0.2) is 46.4 Å². The average molecular weight is 451 g/mol. The molecule has 130 valence electrons. The monoisotopic (exact) mass is 449 g/mol. The Bertz CT molecular complexity index is 921. The van der Waals surface area contributed by atoms with Crippen LogP contribution >= 0.6 is 39.1 Å². The molecular weight excluding hydrogens is 441 g/mol. The van der Waals surface area contributed by atoms with E-state index in [1.54, 1.807) is 30.3 Å². The molecule has 0 aliphatic rings. The van der Waals surface area contributed by atoms with E-state index in [2.05, 4.69) is 21.2 Å². The van der Waals surface area contributed by atoms with Crippen molar-refractivity contribution >= 4 is 56.8 Å². The van der Waals surface area contributed by atoms with E-state index in [0.29, 0.717) is 26.5 Å². The predicted molar refractivity (Wildman–Crippen MR) is 104 cm³/mol. The lowest BCUT2D eigenvalue weighted by molar-refractivity contribution is -0.112. The van der Waals surface area contributed by atoms with E-state index in [1.165, 1.54) is 12.1 Å². The molecule has 2 aromatic carbocycles. The minimum Gasteiger partial charge on any atom is -0.476 e. The summed E-state index contributed by atoms with van der Waals surface area (Å²) in [6.45, 7) is -0.152. The van der Waals surface area contributed by atoms with Crippen LogP contribution in [-0.2, 0) is 4.79 Å². The van der Waals surface area contributed by atoms with Crippen molar-refractivity contribution in [3.05, 3.63) is 62.1 Å². The number of anilines is 1. The number of nitriles is 2. The minimum absolute atomic E-state index is 0.103. The zero-order chi connectivity index (χ0) is 19.1. The topological polar surface area (TPSA) is 85.9 Å². The van der Waals surface area contributed by atoms with Gasteiger partial charge in [0.1, 0.15) is 17.7 Å². The molecule has 1 N–H and O–H groups in total. The van der Waals surface area contributed by atoms with Crippen molar-refractivity contribution in [2.75, 3.05) is 11.9 Å². The molecule has 0 radical (unpaired) electrons. The molecule has 0 saturated carbocycles. The van der Waals surface area contributed by atoms with Gasteiger partial charge in [0.25, 0.3) is 5.91 Å². The Morgan fingerprint density at radius 1 is 1.23 bits per heavy atom. The molecule has 0 heterocycles. The largest absolute Gasteiger partial charge is 0.476 e. The van der Waals surface area contributed by atoms with Gasteiger partial charge in [0, 0.05) is 10.7 Å². The summed E-state index contributed by atoms with van der Waals surface area (Å²) in [6.07, 6.45) is 1.40. The van der Waals surface area contributed by atoms with Crippen LogP contribution in [0.1, 0.15) is 5.56 Å². The summed E-state index contributed by atoms with van der Waals surface area (Å²) in [7, 11) is 0. The van der Waals surface area contributed by atoms with Gasteiger partial charge in [-0.1, -0.05) is 23.2 Å². The Morgan fingerprint density at radius 3 is 2.50 bits per heavy atom. The Balaban J connectivity index is 2.25. The summed E-state index contributed by atoms with van der Waals surface area (Å²) in [4.78, 5) is 12.3. The normalized spacial score (nSPS) is 10.6. The summed E-state index contributed by atoms with van der Waals surface area (Å²) < 4.78 is 5.73. The van der Waals surface area contributed by atoms with Gasteiger partial charge in [0.15, 0.2) is 12.4 Å². The van der Waals surface area contributed by atoms with E-state index in [-0.39, 0.29) is 17.2 Å². The third-order valence-corrected chi connectivity index (χ3v) is 4.20. The van der Waals surface area contributed by atoms with Gasteiger partial charge < -0.3 is 10.1 Å². The number of nitrogens with one attached hydrogen (secondary N) is 1. The second-order valence-electron chi connectivity index (χ2n) is 4.89. The van der Waals surface area contributed by atoms with Crippen molar-refractivity contribution in [3.8, 4) is 17.9 Å². The second-order valence-corrected chi connectivity index (χ2v) is 6.59. The highest BCUT2D eigenvalue weighted by Gasteiger charge is 2.13. The molecule has 0 atom stereocenters. The number of hydrogen-bond donors (Lipinski definition) is 1. The fourth-order valence-electron chi connectivity index (χ4n) is 1.95. The number of rotatable bonds is 5. The van der Waals surface area contributed by atoms with Crippen LogP contribution in [0.4, 0.5) is 5.69 Å². The molecule has 0 fully saturated rings. The van der Waals surface area contributed by atoms with Crippen LogP contribution < -0.4 is 10.1 Å². The quantitative estimate of drug-likeness (QED) is 0.500. The number of ether oxygens (including phenoxy) is 1. The molecule has 0 saturated heterocycles. The maximum absolute atomic E-state index is 12.3. The molecule has 5 nitrogen and oxygen atoms in total. The molecule has 0 unspecified atom stereocenters. The lowest BCUT2D eigenvalue weighted by atomic mass is 10.1. The average Bonchev–Trinajstić information content (AvgIpc) is 2.61. The van der Waals surface area contributed by atoms with E-state index in [1.807, 2.05) is 12.1 Å². The van der Waals surface area contributed by atoms with Gasteiger partial charge in [-0.05, 0) is 64.0 Å². The summed E-state index contributed by atoms with van der Waals surface area (Å²) in [5, 5.41) is 21.3. The first-order valence-corrected chi connectivity index (χ1v) is 8.67. The summed E-state index contributed by atoms with van der Waals surface area (Å²) in [5.74, 6) is -0.249. The molecule has 0 aliphatic carbocycles. The first-order chi connectivity index (χ1) is 12.4. The fourth-order valence-corrected chi connectivity index (χ4v) is 3.07. The number of benzene rings is 2. The van der Waals surface area contributed by atoms with Crippen LogP contribution in [0.2, 0.25) is 10.0 Å². The Kier molecular flexibility index (Phi) is 7.06. The number of carbonyl (C=O) groups excluding carboxylic acids is 1. The van der Waals surface area contributed by atoms with Crippen molar-refractivity contribution in [3.63, 3.8) is 0 Å². The van der Waals surface area contributed by atoms with E-state index >= 15 is 0 Å². The van der Waals surface area contributed by atoms with E-state index < -0.39 is 5.91 Å². The zero-order valence-electron chi connectivity index (χ0n) is 13.1. The maximum atomic E-state index is 12.3. The number of amides is 1. The van der Waals surface area contributed by atoms with Crippen molar-refractivity contribution in [1.82, 2.24) is 0 Å². The molecule has 26 heavy (non-hydrogen) atoms. The molecule has 2 rings (SSSR count). The standard InChI is InChI=1S/C18H10BrCl2N3O2/c19-15-8-11(9-16(21)17(15)26-6-5-22)7-12(10-23)18(25)24-14-3-1-13(20)2-4-14/h1-4,7-9H,6H2,(H,24,25)/b12-7-. The molecule has 2 aromatic rings. The first kappa shape index (κ1) is 19.8. The smallest absolute Gasteiger partial charge is 0.266 e. The number of hydrogen-bond acceptors (Lipinski definition) is 4. The number of halogens is 3. The van der Waals surface area contributed by atoms with E-state index in [0.717, 1.165) is 0 Å². The maximum Gasteiger partial charge on any atom is 0.266 e. The predicted octanol–water partition coefficient (Wildman–Crippen LogP) is 5.20. The van der Waals surface area contributed by atoms with Gasteiger partial charge in [-0.2, -0.15) is 10.5 Å². The molecule has 0 aromatic heterocycles. The van der Waals surface area contributed by atoms with Gasteiger partial charge >= 0.3 is 0 Å². The van der Waals surface area contributed by atoms with Crippen LogP contribution in [0.25, 0.3) is 6.08 Å². The molecule has 0 aliphatic heterocycles.